The summed E-state index contributed by atoms with van der Waals surface area (Å²) in [5.74, 6) is -0.00871. The monoisotopic (exact) mass is 147 g/mol. The Hall–Kier alpha value is -0.810. The summed E-state index contributed by atoms with van der Waals surface area (Å²) in [4.78, 5) is 3.54. The zero-order chi connectivity index (χ0) is 7.98. The number of aliphatic imine (C=N–C) groups is 1. The molecule has 1 atom stereocenters. The number of guanidine groups is 1. The fraction of sp³-hybridized carbons (Fsp3) is 0.800. The lowest BCUT2D eigenvalue weighted by molar-refractivity contribution is 0.0501. The van der Waals surface area contributed by atoms with Crippen molar-refractivity contribution in [1.29, 1.82) is 0 Å². The lowest BCUT2D eigenvalue weighted by Gasteiger charge is -2.02. The summed E-state index contributed by atoms with van der Waals surface area (Å²) in [5, 5.41) is 8.68. The van der Waals surface area contributed by atoms with Gasteiger partial charge >= 0.3 is 0 Å². The summed E-state index contributed by atoms with van der Waals surface area (Å²) in [6.07, 6.45) is -0.478. The molecule has 0 aliphatic rings. The highest BCUT2D eigenvalue weighted by Gasteiger charge is 1.92. The number of nitrogens with two attached hydrogens (primary N) is 2. The lowest BCUT2D eigenvalue weighted by atomic mass is 10.5. The second-order valence-corrected chi connectivity index (χ2v) is 1.93. The van der Waals surface area contributed by atoms with Gasteiger partial charge in [0.1, 0.15) is 6.73 Å². The van der Waals surface area contributed by atoms with Gasteiger partial charge < -0.3 is 21.3 Å². The van der Waals surface area contributed by atoms with Crippen molar-refractivity contribution >= 4 is 5.96 Å². The van der Waals surface area contributed by atoms with Crippen LogP contribution in [0.5, 0.6) is 0 Å². The van der Waals surface area contributed by atoms with E-state index in [2.05, 4.69) is 4.99 Å². The van der Waals surface area contributed by atoms with E-state index in [-0.39, 0.29) is 19.3 Å². The summed E-state index contributed by atoms with van der Waals surface area (Å²) in [6, 6.07) is 0. The summed E-state index contributed by atoms with van der Waals surface area (Å²) < 4.78 is 4.81. The molecule has 0 bridgehead atoms. The first-order chi connectivity index (χ1) is 4.63. The number of aliphatic hydroxyl groups excluding tert-OH is 1. The molecule has 0 aromatic rings. The smallest absolute Gasteiger partial charge is 0.188 e. The Morgan fingerprint density at radius 1 is 1.70 bits per heavy atom. The Balaban J connectivity index is 3.13. The standard InChI is InChI=1S/C5H13N3O2/c1-4(9)2-10-3-8-5(6)7/h4,9H,2-3H2,1H3,(H4,6,7,8). The predicted octanol–water partition coefficient (Wildman–Crippen LogP) is -1.39. The number of hydrogen-bond donors (Lipinski definition) is 3. The molecule has 10 heavy (non-hydrogen) atoms. The third-order valence-corrected chi connectivity index (χ3v) is 0.697. The molecule has 0 aromatic carbocycles. The number of ether oxygens (including phenoxy) is 1. The molecule has 0 spiro atoms. The second-order valence-electron chi connectivity index (χ2n) is 1.93. The van der Waals surface area contributed by atoms with E-state index in [1.54, 1.807) is 6.92 Å². The lowest BCUT2D eigenvalue weighted by Crippen LogP contribution is -2.23. The van der Waals surface area contributed by atoms with Crippen LogP contribution in [0, 0.1) is 0 Å². The van der Waals surface area contributed by atoms with E-state index >= 15 is 0 Å². The van der Waals surface area contributed by atoms with Gasteiger partial charge in [0.15, 0.2) is 5.96 Å². The molecule has 5 nitrogen and oxygen atoms in total. The van der Waals surface area contributed by atoms with E-state index in [1.165, 1.54) is 0 Å². The van der Waals surface area contributed by atoms with Gasteiger partial charge in [0.05, 0.1) is 12.7 Å². The van der Waals surface area contributed by atoms with Crippen molar-refractivity contribution < 1.29 is 9.84 Å². The van der Waals surface area contributed by atoms with Crippen molar-refractivity contribution in [2.24, 2.45) is 16.5 Å². The molecule has 0 rings (SSSR count). The molecule has 0 heterocycles. The molecular formula is C5H13N3O2. The van der Waals surface area contributed by atoms with Crippen molar-refractivity contribution in [2.45, 2.75) is 13.0 Å². The SMILES string of the molecule is CC(O)COCN=C(N)N. The van der Waals surface area contributed by atoms with E-state index in [1.807, 2.05) is 0 Å². The summed E-state index contributed by atoms with van der Waals surface area (Å²) >= 11 is 0. The molecule has 0 aromatic heterocycles. The van der Waals surface area contributed by atoms with Crippen molar-refractivity contribution in [3.8, 4) is 0 Å². The molecule has 0 radical (unpaired) electrons. The Kier molecular flexibility index (Phi) is 4.61. The third kappa shape index (κ3) is 7.19. The molecule has 5 heteroatoms. The number of hydrogen-bond acceptors (Lipinski definition) is 3. The summed E-state index contributed by atoms with van der Waals surface area (Å²) in [6.45, 7) is 1.97. The van der Waals surface area contributed by atoms with Crippen LogP contribution in [0.3, 0.4) is 0 Å². The minimum absolute atomic E-state index is 0.00871. The van der Waals surface area contributed by atoms with Gasteiger partial charge in [0.25, 0.3) is 0 Å². The first kappa shape index (κ1) is 9.19. The van der Waals surface area contributed by atoms with Crippen molar-refractivity contribution in [3.63, 3.8) is 0 Å². The quantitative estimate of drug-likeness (QED) is 0.259. The Labute approximate surface area is 59.7 Å². The minimum Gasteiger partial charge on any atom is -0.391 e. The van der Waals surface area contributed by atoms with Crippen LogP contribution >= 0.6 is 0 Å². The molecule has 5 N–H and O–H groups in total. The first-order valence-corrected chi connectivity index (χ1v) is 2.94. The summed E-state index contributed by atoms with van der Waals surface area (Å²) in [5.41, 5.74) is 9.99. The molecular weight excluding hydrogens is 134 g/mol. The fourth-order valence-corrected chi connectivity index (χ4v) is 0.343. The maximum atomic E-state index is 8.68. The van der Waals surface area contributed by atoms with Crippen LogP contribution in [0.25, 0.3) is 0 Å². The van der Waals surface area contributed by atoms with E-state index < -0.39 is 6.10 Å². The molecule has 0 saturated carbocycles. The number of rotatable bonds is 4. The van der Waals surface area contributed by atoms with Crippen LogP contribution in [0.4, 0.5) is 0 Å². The van der Waals surface area contributed by atoms with Gasteiger partial charge in [-0.3, -0.25) is 0 Å². The minimum atomic E-state index is -0.478. The maximum Gasteiger partial charge on any atom is 0.188 e. The predicted molar refractivity (Wildman–Crippen MR) is 38.3 cm³/mol. The number of nitrogens with zero attached hydrogens (tertiary/aromatic N) is 1. The Morgan fingerprint density at radius 3 is 2.70 bits per heavy atom. The van der Waals surface area contributed by atoms with Crippen LogP contribution in [-0.4, -0.2) is 30.5 Å². The highest BCUT2D eigenvalue weighted by Crippen LogP contribution is 1.81. The van der Waals surface area contributed by atoms with E-state index in [9.17, 15) is 0 Å². The zero-order valence-electron chi connectivity index (χ0n) is 5.95. The molecule has 0 aliphatic carbocycles. The molecule has 60 valence electrons. The van der Waals surface area contributed by atoms with Gasteiger partial charge in [-0.05, 0) is 6.92 Å². The Morgan fingerprint density at radius 2 is 2.30 bits per heavy atom. The van der Waals surface area contributed by atoms with Crippen molar-refractivity contribution in [3.05, 3.63) is 0 Å². The van der Waals surface area contributed by atoms with Gasteiger partial charge in [-0.1, -0.05) is 0 Å². The highest BCUT2D eigenvalue weighted by atomic mass is 16.5. The van der Waals surface area contributed by atoms with Gasteiger partial charge in [0, 0.05) is 0 Å². The largest absolute Gasteiger partial charge is 0.391 e. The average Bonchev–Trinajstić information content (AvgIpc) is 1.79. The fourth-order valence-electron chi connectivity index (χ4n) is 0.343. The number of aliphatic hydroxyl groups is 1. The van der Waals surface area contributed by atoms with Crippen LogP contribution in [0.1, 0.15) is 6.92 Å². The van der Waals surface area contributed by atoms with Gasteiger partial charge in [0.2, 0.25) is 0 Å². The van der Waals surface area contributed by atoms with Crippen LogP contribution in [0.15, 0.2) is 4.99 Å². The summed E-state index contributed by atoms with van der Waals surface area (Å²) in [7, 11) is 0. The normalized spacial score (nSPS) is 12.6. The third-order valence-electron chi connectivity index (χ3n) is 0.697. The van der Waals surface area contributed by atoms with E-state index in [0.717, 1.165) is 0 Å². The van der Waals surface area contributed by atoms with Crippen molar-refractivity contribution in [2.75, 3.05) is 13.3 Å². The van der Waals surface area contributed by atoms with Crippen LogP contribution < -0.4 is 11.5 Å². The van der Waals surface area contributed by atoms with Gasteiger partial charge in [-0.2, -0.15) is 0 Å². The van der Waals surface area contributed by atoms with Crippen molar-refractivity contribution in [1.82, 2.24) is 0 Å². The topological polar surface area (TPSA) is 93.9 Å². The molecule has 0 aliphatic heterocycles. The Bertz CT molecular complexity index is 109. The van der Waals surface area contributed by atoms with E-state index in [0.29, 0.717) is 0 Å². The average molecular weight is 147 g/mol. The molecule has 1 unspecified atom stereocenters. The van der Waals surface area contributed by atoms with E-state index in [4.69, 9.17) is 21.3 Å². The van der Waals surface area contributed by atoms with Crippen LogP contribution in [0.2, 0.25) is 0 Å². The first-order valence-electron chi connectivity index (χ1n) is 2.94. The van der Waals surface area contributed by atoms with Gasteiger partial charge in [-0.25, -0.2) is 4.99 Å². The molecule has 0 saturated heterocycles. The zero-order valence-corrected chi connectivity index (χ0v) is 5.95. The van der Waals surface area contributed by atoms with Crippen LogP contribution in [-0.2, 0) is 4.74 Å². The van der Waals surface area contributed by atoms with Gasteiger partial charge in [-0.15, -0.1) is 0 Å². The maximum absolute atomic E-state index is 8.68. The highest BCUT2D eigenvalue weighted by molar-refractivity contribution is 5.75. The molecule has 0 fully saturated rings. The second kappa shape index (κ2) is 5.01. The molecule has 0 amide bonds.